The Bertz CT molecular complexity index is 1780. The monoisotopic (exact) mass is 697 g/mol. The third-order valence-corrected chi connectivity index (χ3v) is 11.7. The lowest BCUT2D eigenvalue weighted by Gasteiger charge is -2.42. The fourth-order valence-electron chi connectivity index (χ4n) is 8.52. The number of halogens is 3. The Morgan fingerprint density at radius 1 is 0.880 bits per heavy atom. The number of likely N-dealkylation sites (tertiary alicyclic amines) is 1. The predicted molar refractivity (Wildman–Crippen MR) is 193 cm³/mol. The molecule has 0 spiro atoms. The SMILES string of the molecule is [2H]C([2H])([2H])[C@H]1Nc2ncnc3c2cc(N2CCN(C4CCN(C)CC4)CC2)c(=O)n3CCCCCCCN2CCC(CC2)C(F)(F)c2cccc1c2F. The van der Waals surface area contributed by atoms with Gasteiger partial charge in [0.05, 0.1) is 17.0 Å². The molecule has 2 aromatic heterocycles. The highest BCUT2D eigenvalue weighted by atomic mass is 19.3. The summed E-state index contributed by atoms with van der Waals surface area (Å²) in [5.74, 6) is -5.65. The first-order chi connectivity index (χ1) is 25.4. The molecule has 0 saturated carbocycles. The normalized spacial score (nSPS) is 27.6. The number of fused-ring (bicyclic) bond motifs is 9. The Kier molecular flexibility index (Phi) is 9.56. The summed E-state index contributed by atoms with van der Waals surface area (Å²) in [7, 11) is 2.15. The van der Waals surface area contributed by atoms with Crippen LogP contribution in [0, 0.1) is 11.7 Å². The van der Waals surface area contributed by atoms with E-state index in [4.69, 9.17) is 4.11 Å². The van der Waals surface area contributed by atoms with Crippen LogP contribution in [0.4, 0.5) is 24.7 Å². The second kappa shape index (κ2) is 15.2. The molecule has 8 rings (SSSR count). The van der Waals surface area contributed by atoms with Gasteiger partial charge in [-0.3, -0.25) is 14.3 Å². The number of pyridine rings is 1. The molecule has 7 heterocycles. The van der Waals surface area contributed by atoms with Crippen LogP contribution >= 0.6 is 0 Å². The minimum Gasteiger partial charge on any atom is -0.364 e. The molecule has 5 aliphatic rings. The van der Waals surface area contributed by atoms with Gasteiger partial charge in [0.1, 0.15) is 29.3 Å². The summed E-state index contributed by atoms with van der Waals surface area (Å²) >= 11 is 0. The van der Waals surface area contributed by atoms with Crippen molar-refractivity contribution < 1.29 is 17.3 Å². The van der Waals surface area contributed by atoms with Gasteiger partial charge in [-0.2, -0.15) is 0 Å². The number of nitrogens with zero attached hydrogens (tertiary/aromatic N) is 7. The summed E-state index contributed by atoms with van der Waals surface area (Å²) in [6.07, 6.45) is 8.58. The third-order valence-electron chi connectivity index (χ3n) is 11.7. The van der Waals surface area contributed by atoms with Gasteiger partial charge in [0.15, 0.2) is 0 Å². The molecule has 12 heteroatoms. The van der Waals surface area contributed by atoms with Crippen LogP contribution in [0.3, 0.4) is 0 Å². The second-order valence-corrected chi connectivity index (χ2v) is 14.8. The molecule has 0 radical (unpaired) electrons. The van der Waals surface area contributed by atoms with E-state index in [1.807, 2.05) is 0 Å². The van der Waals surface area contributed by atoms with E-state index < -0.39 is 36.1 Å². The van der Waals surface area contributed by atoms with Gasteiger partial charge < -0.3 is 20.0 Å². The van der Waals surface area contributed by atoms with E-state index in [0.29, 0.717) is 55.5 Å². The van der Waals surface area contributed by atoms with Crippen molar-refractivity contribution in [3.63, 3.8) is 0 Å². The average molecular weight is 698 g/mol. The number of rotatable bonds is 2. The number of alkyl halides is 2. The molecule has 3 fully saturated rings. The molecule has 0 aliphatic carbocycles. The Morgan fingerprint density at radius 3 is 2.34 bits per heavy atom. The van der Waals surface area contributed by atoms with Gasteiger partial charge in [0.25, 0.3) is 11.5 Å². The minimum absolute atomic E-state index is 0.103. The molecule has 50 heavy (non-hydrogen) atoms. The lowest BCUT2D eigenvalue weighted by atomic mass is 9.85. The molecule has 0 unspecified atom stereocenters. The van der Waals surface area contributed by atoms with Crippen molar-refractivity contribution in [2.24, 2.45) is 5.92 Å². The van der Waals surface area contributed by atoms with Crippen molar-refractivity contribution in [1.82, 2.24) is 29.2 Å². The Labute approximate surface area is 298 Å². The first-order valence-corrected chi connectivity index (χ1v) is 18.6. The van der Waals surface area contributed by atoms with Gasteiger partial charge in [0.2, 0.25) is 0 Å². The molecule has 9 nitrogen and oxygen atoms in total. The summed E-state index contributed by atoms with van der Waals surface area (Å²) in [6, 6.07) is 4.19. The summed E-state index contributed by atoms with van der Waals surface area (Å²) < 4.78 is 75.7. The number of piperazine rings is 1. The number of nitrogens with one attached hydrogen (secondary N) is 1. The smallest absolute Gasteiger partial charge is 0.278 e. The van der Waals surface area contributed by atoms with Gasteiger partial charge in [-0.25, -0.2) is 23.1 Å². The number of aryl methyl sites for hydroxylation is 1. The number of hydrogen-bond donors (Lipinski definition) is 1. The molecule has 8 bridgehead atoms. The highest BCUT2D eigenvalue weighted by Gasteiger charge is 2.45. The largest absolute Gasteiger partial charge is 0.364 e. The van der Waals surface area contributed by atoms with Crippen LogP contribution in [0.2, 0.25) is 0 Å². The zero-order chi connectivity index (χ0) is 37.3. The second-order valence-electron chi connectivity index (χ2n) is 14.8. The van der Waals surface area contributed by atoms with Crippen LogP contribution in [0.15, 0.2) is 35.4 Å². The zero-order valence-electron chi connectivity index (χ0n) is 32.2. The number of anilines is 2. The van der Waals surface area contributed by atoms with Crippen molar-refractivity contribution >= 4 is 22.5 Å². The first kappa shape index (κ1) is 31.5. The van der Waals surface area contributed by atoms with E-state index in [-0.39, 0.29) is 29.8 Å². The Hall–Kier alpha value is -3.22. The van der Waals surface area contributed by atoms with Crippen molar-refractivity contribution in [1.29, 1.82) is 0 Å². The molecule has 0 amide bonds. The fraction of sp³-hybridized carbons (Fsp3) is 0.658. The lowest BCUT2D eigenvalue weighted by molar-refractivity contribution is -0.0880. The molecule has 1 N–H and O–H groups in total. The van der Waals surface area contributed by atoms with E-state index in [1.165, 1.54) is 18.5 Å². The lowest BCUT2D eigenvalue weighted by Crippen LogP contribution is -2.53. The summed E-state index contributed by atoms with van der Waals surface area (Å²) in [5, 5.41) is 3.37. The standard InChI is InChI=1S/C38H53F3N8O/c1-27-30-9-8-10-32(34(30)39)38(40,41)28-11-19-46(20-12-28)15-6-4-3-5-7-16-49-36-31(35(44-27)42-26-43-36)25-33(37(49)50)48-23-21-47(22-24-48)29-13-17-45(2)18-14-29/h8-10,25-29H,3-7,11-24H2,1-2H3,(H,42,43,44)/t27-/m1/s1/i1D3. The van der Waals surface area contributed by atoms with E-state index >= 15 is 13.2 Å². The maximum Gasteiger partial charge on any atom is 0.278 e. The number of aromatic nitrogens is 3. The molecule has 1 aromatic carbocycles. The zero-order valence-corrected chi connectivity index (χ0v) is 29.2. The first-order valence-electron chi connectivity index (χ1n) is 20.1. The Morgan fingerprint density at radius 2 is 1.60 bits per heavy atom. The van der Waals surface area contributed by atoms with Crippen LogP contribution in [0.5, 0.6) is 0 Å². The maximum atomic E-state index is 16.4. The van der Waals surface area contributed by atoms with Crippen LogP contribution in [0.1, 0.15) is 85.9 Å². The topological polar surface area (TPSA) is 72.8 Å². The molecule has 5 aliphatic heterocycles. The van der Waals surface area contributed by atoms with Gasteiger partial charge in [-0.05, 0) is 91.2 Å². The third kappa shape index (κ3) is 7.25. The summed E-state index contributed by atoms with van der Waals surface area (Å²) in [6.45, 7) is 4.54. The molecule has 3 aromatic rings. The molecular weight excluding hydrogens is 641 g/mol. The summed E-state index contributed by atoms with van der Waals surface area (Å²) in [5.41, 5.74) is -0.486. The van der Waals surface area contributed by atoms with Crippen LogP contribution in [-0.2, 0) is 12.5 Å². The van der Waals surface area contributed by atoms with E-state index in [0.717, 1.165) is 83.7 Å². The maximum absolute atomic E-state index is 16.4. The highest BCUT2D eigenvalue weighted by molar-refractivity contribution is 5.89. The van der Waals surface area contributed by atoms with Crippen LogP contribution < -0.4 is 15.8 Å². The molecule has 272 valence electrons. The highest BCUT2D eigenvalue weighted by Crippen LogP contribution is 2.44. The van der Waals surface area contributed by atoms with Gasteiger partial charge >= 0.3 is 0 Å². The van der Waals surface area contributed by atoms with Gasteiger partial charge in [-0.15, -0.1) is 0 Å². The average Bonchev–Trinajstić information content (AvgIpc) is 3.14. The fourth-order valence-corrected chi connectivity index (χ4v) is 8.52. The van der Waals surface area contributed by atoms with Crippen molar-refractivity contribution in [3.8, 4) is 0 Å². The van der Waals surface area contributed by atoms with E-state index in [2.05, 4.69) is 41.9 Å². The Balaban J connectivity index is 1.27. The van der Waals surface area contributed by atoms with Crippen molar-refractivity contribution in [2.75, 3.05) is 76.2 Å². The van der Waals surface area contributed by atoms with E-state index in [9.17, 15) is 4.79 Å². The van der Waals surface area contributed by atoms with Crippen molar-refractivity contribution in [3.05, 3.63) is 57.9 Å². The van der Waals surface area contributed by atoms with Crippen LogP contribution in [0.25, 0.3) is 11.0 Å². The van der Waals surface area contributed by atoms with E-state index in [1.54, 1.807) is 10.6 Å². The molecular formula is C38H53F3N8O. The molecule has 1 atom stereocenters. The quantitative estimate of drug-likeness (QED) is 0.346. The number of hydrogen-bond acceptors (Lipinski definition) is 8. The summed E-state index contributed by atoms with van der Waals surface area (Å²) in [4.78, 5) is 32.4. The molecule has 3 saturated heterocycles. The van der Waals surface area contributed by atoms with Crippen molar-refractivity contribution in [2.45, 2.75) is 89.2 Å². The number of piperidine rings is 2. The minimum atomic E-state index is -3.48. The van der Waals surface area contributed by atoms with Gasteiger partial charge in [-0.1, -0.05) is 37.5 Å². The number of benzene rings is 1. The predicted octanol–water partition coefficient (Wildman–Crippen LogP) is 6.09. The van der Waals surface area contributed by atoms with Gasteiger partial charge in [0, 0.05) is 54.4 Å². The van der Waals surface area contributed by atoms with Crippen LogP contribution in [-0.4, -0.2) is 101 Å².